The molecule has 2 rings (SSSR count). The summed E-state index contributed by atoms with van der Waals surface area (Å²) in [5.74, 6) is -0.444. The Bertz CT molecular complexity index is 580. The number of benzene rings is 1. The van der Waals surface area contributed by atoms with Crippen LogP contribution in [0.15, 0.2) is 18.2 Å². The summed E-state index contributed by atoms with van der Waals surface area (Å²) in [4.78, 5) is 2.02. The molecule has 1 atom stereocenters. The third kappa shape index (κ3) is 3.69. The first-order valence-electron chi connectivity index (χ1n) is 6.57. The van der Waals surface area contributed by atoms with Crippen LogP contribution < -0.4 is 4.72 Å². The zero-order chi connectivity index (χ0) is 14.8. The first-order valence-corrected chi connectivity index (χ1v) is 8.49. The van der Waals surface area contributed by atoms with Crippen molar-refractivity contribution in [2.24, 2.45) is 0 Å². The molecule has 4 nitrogen and oxygen atoms in total. The average molecular weight is 321 g/mol. The third-order valence-corrected chi connectivity index (χ3v) is 5.66. The predicted molar refractivity (Wildman–Crippen MR) is 77.7 cm³/mol. The molecule has 1 heterocycles. The van der Waals surface area contributed by atoms with E-state index in [0.717, 1.165) is 5.56 Å². The Morgan fingerprint density at radius 1 is 1.50 bits per heavy atom. The summed E-state index contributed by atoms with van der Waals surface area (Å²) in [6, 6.07) is 4.68. The van der Waals surface area contributed by atoms with Gasteiger partial charge >= 0.3 is 0 Å². The van der Waals surface area contributed by atoms with Crippen molar-refractivity contribution in [3.05, 3.63) is 34.6 Å². The van der Waals surface area contributed by atoms with Crippen LogP contribution in [0.3, 0.4) is 0 Å². The van der Waals surface area contributed by atoms with E-state index < -0.39 is 15.8 Å². The molecule has 20 heavy (non-hydrogen) atoms. The lowest BCUT2D eigenvalue weighted by Gasteiger charge is -2.16. The van der Waals surface area contributed by atoms with E-state index in [1.165, 1.54) is 12.1 Å². The van der Waals surface area contributed by atoms with Crippen LogP contribution in [-0.4, -0.2) is 38.2 Å². The van der Waals surface area contributed by atoms with E-state index in [0.29, 0.717) is 32.6 Å². The Morgan fingerprint density at radius 2 is 2.25 bits per heavy atom. The minimum Gasteiger partial charge on any atom is -0.298 e. The van der Waals surface area contributed by atoms with Crippen molar-refractivity contribution in [3.63, 3.8) is 0 Å². The molecule has 1 fully saturated rings. The second-order valence-corrected chi connectivity index (χ2v) is 7.39. The molecule has 1 aromatic carbocycles. The molecule has 0 amide bonds. The van der Waals surface area contributed by atoms with Gasteiger partial charge in [-0.1, -0.05) is 24.6 Å². The summed E-state index contributed by atoms with van der Waals surface area (Å²) in [6.07, 6.45) is 0.603. The maximum absolute atomic E-state index is 13.4. The summed E-state index contributed by atoms with van der Waals surface area (Å²) in [5.41, 5.74) is 0.799. The van der Waals surface area contributed by atoms with E-state index in [1.807, 2.05) is 4.90 Å². The molecule has 1 saturated heterocycles. The van der Waals surface area contributed by atoms with Crippen LogP contribution >= 0.6 is 11.6 Å². The minimum absolute atomic E-state index is 0.0998. The molecule has 1 aliphatic heterocycles. The summed E-state index contributed by atoms with van der Waals surface area (Å²) in [7, 11) is -3.24. The van der Waals surface area contributed by atoms with Gasteiger partial charge in [-0.25, -0.2) is 17.5 Å². The van der Waals surface area contributed by atoms with Crippen LogP contribution in [0.2, 0.25) is 5.02 Å². The fourth-order valence-electron chi connectivity index (χ4n) is 2.41. The van der Waals surface area contributed by atoms with Crippen molar-refractivity contribution < 1.29 is 12.8 Å². The summed E-state index contributed by atoms with van der Waals surface area (Å²) < 4.78 is 39.7. The Kier molecular flexibility index (Phi) is 5.01. The van der Waals surface area contributed by atoms with Crippen molar-refractivity contribution in [1.29, 1.82) is 0 Å². The van der Waals surface area contributed by atoms with E-state index in [9.17, 15) is 12.8 Å². The number of likely N-dealkylation sites (tertiary alicyclic amines) is 1. The number of nitrogens with one attached hydrogen (secondary N) is 1. The van der Waals surface area contributed by atoms with Crippen LogP contribution in [0.25, 0.3) is 0 Å². The van der Waals surface area contributed by atoms with Gasteiger partial charge in [-0.2, -0.15) is 0 Å². The lowest BCUT2D eigenvalue weighted by molar-refractivity contribution is 0.330. The molecule has 0 aliphatic carbocycles. The average Bonchev–Trinajstić information content (AvgIpc) is 2.83. The largest absolute Gasteiger partial charge is 0.298 e. The van der Waals surface area contributed by atoms with Gasteiger partial charge in [-0.3, -0.25) is 4.90 Å². The molecule has 0 bridgehead atoms. The molecule has 1 aliphatic rings. The van der Waals surface area contributed by atoms with E-state index in [-0.39, 0.29) is 10.3 Å². The minimum atomic E-state index is -3.24. The van der Waals surface area contributed by atoms with E-state index in [4.69, 9.17) is 11.6 Å². The Morgan fingerprint density at radius 3 is 2.90 bits per heavy atom. The lowest BCUT2D eigenvalue weighted by atomic mass is 10.2. The van der Waals surface area contributed by atoms with Gasteiger partial charge in [0.25, 0.3) is 0 Å². The molecule has 0 spiro atoms. The maximum atomic E-state index is 13.4. The zero-order valence-electron chi connectivity index (χ0n) is 11.3. The highest BCUT2D eigenvalue weighted by Crippen LogP contribution is 2.21. The van der Waals surface area contributed by atoms with Crippen LogP contribution in [0.1, 0.15) is 18.9 Å². The molecule has 0 saturated carbocycles. The third-order valence-electron chi connectivity index (χ3n) is 3.40. The maximum Gasteiger partial charge on any atom is 0.215 e. The number of rotatable bonds is 5. The molecule has 1 N–H and O–H groups in total. The Balaban J connectivity index is 1.98. The second-order valence-electron chi connectivity index (χ2n) is 4.94. The van der Waals surface area contributed by atoms with E-state index in [2.05, 4.69) is 4.72 Å². The van der Waals surface area contributed by atoms with Crippen molar-refractivity contribution >= 4 is 21.6 Å². The fourth-order valence-corrected chi connectivity index (χ4v) is 3.99. The number of sulfonamides is 1. The quantitative estimate of drug-likeness (QED) is 0.902. The van der Waals surface area contributed by atoms with Crippen LogP contribution in [-0.2, 0) is 16.6 Å². The SMILES string of the molecule is CCNS(=O)(=O)[C@@H]1CCN(Cc2ccc(Cl)c(F)c2)C1. The first kappa shape index (κ1) is 15.7. The number of halogens is 2. The Hall–Kier alpha value is -0.690. The predicted octanol–water partition coefficient (Wildman–Crippen LogP) is 1.99. The summed E-state index contributed by atoms with van der Waals surface area (Å²) >= 11 is 5.64. The topological polar surface area (TPSA) is 49.4 Å². The molecular formula is C13H18ClFN2O2S. The van der Waals surface area contributed by atoms with Gasteiger partial charge in [0.15, 0.2) is 0 Å². The molecular weight excluding hydrogens is 303 g/mol. The van der Waals surface area contributed by atoms with Crippen molar-refractivity contribution in [2.45, 2.75) is 25.1 Å². The van der Waals surface area contributed by atoms with Crippen LogP contribution in [0.5, 0.6) is 0 Å². The monoisotopic (exact) mass is 320 g/mol. The second kappa shape index (κ2) is 6.39. The lowest BCUT2D eigenvalue weighted by Crippen LogP contribution is -2.36. The highest BCUT2D eigenvalue weighted by Gasteiger charge is 2.32. The van der Waals surface area contributed by atoms with Crippen LogP contribution in [0, 0.1) is 5.82 Å². The highest BCUT2D eigenvalue weighted by atomic mass is 35.5. The van der Waals surface area contributed by atoms with Crippen molar-refractivity contribution in [2.75, 3.05) is 19.6 Å². The number of hydrogen-bond acceptors (Lipinski definition) is 3. The Labute approximate surface area is 124 Å². The molecule has 7 heteroatoms. The number of hydrogen-bond donors (Lipinski definition) is 1. The first-order chi connectivity index (χ1) is 9.42. The molecule has 112 valence electrons. The van der Waals surface area contributed by atoms with Crippen molar-refractivity contribution in [3.8, 4) is 0 Å². The molecule has 0 radical (unpaired) electrons. The van der Waals surface area contributed by atoms with Gasteiger partial charge < -0.3 is 0 Å². The van der Waals surface area contributed by atoms with Gasteiger partial charge in [0.2, 0.25) is 10.0 Å². The van der Waals surface area contributed by atoms with Gasteiger partial charge in [0.1, 0.15) is 5.82 Å². The van der Waals surface area contributed by atoms with Gasteiger partial charge in [-0.15, -0.1) is 0 Å². The zero-order valence-corrected chi connectivity index (χ0v) is 12.8. The van der Waals surface area contributed by atoms with E-state index in [1.54, 1.807) is 13.0 Å². The molecule has 0 unspecified atom stereocenters. The summed E-state index contributed by atoms with van der Waals surface area (Å²) in [5, 5.41) is -0.289. The van der Waals surface area contributed by atoms with Crippen molar-refractivity contribution in [1.82, 2.24) is 9.62 Å². The number of nitrogens with zero attached hydrogens (tertiary/aromatic N) is 1. The highest BCUT2D eigenvalue weighted by molar-refractivity contribution is 7.90. The summed E-state index contributed by atoms with van der Waals surface area (Å²) in [6.45, 7) is 3.87. The molecule has 1 aromatic rings. The normalized spacial score (nSPS) is 20.4. The smallest absolute Gasteiger partial charge is 0.215 e. The van der Waals surface area contributed by atoms with Crippen LogP contribution in [0.4, 0.5) is 4.39 Å². The van der Waals surface area contributed by atoms with Gasteiger partial charge in [0.05, 0.1) is 10.3 Å². The molecule has 0 aromatic heterocycles. The van der Waals surface area contributed by atoms with Gasteiger partial charge in [0, 0.05) is 19.6 Å². The standard InChI is InChI=1S/C13H18ClFN2O2S/c1-2-16-20(18,19)11-5-6-17(9-11)8-10-3-4-12(14)13(15)7-10/h3-4,7,11,16H,2,5-6,8-9H2,1H3/t11-/m1/s1. The van der Waals surface area contributed by atoms with E-state index >= 15 is 0 Å². The fraction of sp³-hybridized carbons (Fsp3) is 0.538. The van der Waals surface area contributed by atoms with Gasteiger partial charge in [-0.05, 0) is 30.7 Å².